The van der Waals surface area contributed by atoms with Crippen LogP contribution < -0.4 is 10.6 Å². The lowest BCUT2D eigenvalue weighted by Crippen LogP contribution is -2.38. The van der Waals surface area contributed by atoms with Crippen LogP contribution in [0.25, 0.3) is 11.0 Å². The number of aliphatic imine (C=N–C) groups is 1. The number of benzene rings is 2. The molecule has 142 valence electrons. The van der Waals surface area contributed by atoms with Gasteiger partial charge in [-0.1, -0.05) is 36.4 Å². The van der Waals surface area contributed by atoms with Crippen molar-refractivity contribution in [2.75, 3.05) is 6.54 Å². The first kappa shape index (κ1) is 19.7. The molecule has 27 heavy (non-hydrogen) atoms. The van der Waals surface area contributed by atoms with Gasteiger partial charge >= 0.3 is 0 Å². The normalized spacial score (nSPS) is 14.0. The molecule has 0 bridgehead atoms. The number of fused-ring (bicyclic) bond motifs is 1. The highest BCUT2D eigenvalue weighted by Gasteiger charge is 2.21. The smallest absolute Gasteiger partial charge is 0.191 e. The lowest BCUT2D eigenvalue weighted by atomic mass is 10.1. The van der Waals surface area contributed by atoms with Gasteiger partial charge in [-0.2, -0.15) is 0 Å². The summed E-state index contributed by atoms with van der Waals surface area (Å²) < 4.78 is 2.19. The maximum absolute atomic E-state index is 4.69. The van der Waals surface area contributed by atoms with E-state index in [2.05, 4.69) is 68.5 Å². The fourth-order valence-corrected chi connectivity index (χ4v) is 2.99. The highest BCUT2D eigenvalue weighted by Crippen LogP contribution is 2.18. The number of halogens is 1. The summed E-state index contributed by atoms with van der Waals surface area (Å²) in [5.41, 5.74) is 4.70. The zero-order chi connectivity index (χ0) is 17.8. The van der Waals surface area contributed by atoms with Gasteiger partial charge < -0.3 is 15.2 Å². The summed E-state index contributed by atoms with van der Waals surface area (Å²) in [6.07, 6.45) is 4.42. The van der Waals surface area contributed by atoms with E-state index in [0.717, 1.165) is 24.6 Å². The molecule has 1 heterocycles. The third kappa shape index (κ3) is 5.22. The number of imidazole rings is 1. The zero-order valence-corrected chi connectivity index (χ0v) is 17.9. The van der Waals surface area contributed by atoms with Crippen LogP contribution in [0, 0.1) is 0 Å². The number of guanidine groups is 1. The van der Waals surface area contributed by atoms with Crippen molar-refractivity contribution in [1.82, 2.24) is 20.2 Å². The third-order valence-corrected chi connectivity index (χ3v) is 4.59. The van der Waals surface area contributed by atoms with Crippen molar-refractivity contribution in [3.05, 3.63) is 66.0 Å². The molecule has 5 nitrogen and oxygen atoms in total. The van der Waals surface area contributed by atoms with E-state index in [1.54, 1.807) is 0 Å². The summed E-state index contributed by atoms with van der Waals surface area (Å²) in [6, 6.07) is 17.5. The molecule has 1 fully saturated rings. The maximum atomic E-state index is 4.69. The Hall–Kier alpha value is -2.09. The minimum atomic E-state index is 0. The van der Waals surface area contributed by atoms with E-state index in [-0.39, 0.29) is 24.0 Å². The summed E-state index contributed by atoms with van der Waals surface area (Å²) in [4.78, 5) is 9.15. The Morgan fingerprint density at radius 2 is 1.85 bits per heavy atom. The molecule has 0 radical (unpaired) electrons. The van der Waals surface area contributed by atoms with E-state index in [9.17, 15) is 0 Å². The highest BCUT2D eigenvalue weighted by atomic mass is 127. The number of hydrogen-bond acceptors (Lipinski definition) is 2. The predicted octanol–water partition coefficient (Wildman–Crippen LogP) is 3.92. The van der Waals surface area contributed by atoms with E-state index < -0.39 is 0 Å². The molecule has 1 aliphatic rings. The first-order valence-electron chi connectivity index (χ1n) is 9.34. The van der Waals surface area contributed by atoms with Crippen molar-refractivity contribution >= 4 is 41.0 Å². The fourth-order valence-electron chi connectivity index (χ4n) is 2.99. The van der Waals surface area contributed by atoms with Crippen LogP contribution in [0.3, 0.4) is 0 Å². The van der Waals surface area contributed by atoms with Crippen molar-refractivity contribution < 1.29 is 0 Å². The first-order chi connectivity index (χ1) is 12.8. The molecule has 4 rings (SSSR count). The Morgan fingerprint density at radius 3 is 2.59 bits per heavy atom. The summed E-state index contributed by atoms with van der Waals surface area (Å²) in [7, 11) is 0. The average Bonchev–Trinajstić information content (AvgIpc) is 3.40. The molecule has 1 aromatic heterocycles. The van der Waals surface area contributed by atoms with Gasteiger partial charge in [-0.25, -0.2) is 9.98 Å². The summed E-state index contributed by atoms with van der Waals surface area (Å²) in [5, 5.41) is 6.76. The fraction of sp³-hybridized carbons (Fsp3) is 0.333. The van der Waals surface area contributed by atoms with Crippen LogP contribution in [0.2, 0.25) is 0 Å². The Morgan fingerprint density at radius 1 is 1.11 bits per heavy atom. The first-order valence-corrected chi connectivity index (χ1v) is 9.34. The minimum absolute atomic E-state index is 0. The van der Waals surface area contributed by atoms with Crippen LogP contribution in [0.15, 0.2) is 59.9 Å². The molecule has 0 spiro atoms. The van der Waals surface area contributed by atoms with Crippen molar-refractivity contribution in [3.63, 3.8) is 0 Å². The van der Waals surface area contributed by atoms with Gasteiger partial charge in [-0.05, 0) is 43.0 Å². The Bertz CT molecular complexity index is 896. The zero-order valence-electron chi connectivity index (χ0n) is 15.6. The Balaban J connectivity index is 0.00000210. The van der Waals surface area contributed by atoms with Gasteiger partial charge in [0.15, 0.2) is 5.96 Å². The van der Waals surface area contributed by atoms with Crippen molar-refractivity contribution in [3.8, 4) is 0 Å². The van der Waals surface area contributed by atoms with Gasteiger partial charge in [0, 0.05) is 19.1 Å². The number of para-hydroxylation sites is 2. The topological polar surface area (TPSA) is 54.2 Å². The van der Waals surface area contributed by atoms with Crippen LogP contribution in [-0.2, 0) is 13.1 Å². The summed E-state index contributed by atoms with van der Waals surface area (Å²) in [6.45, 7) is 4.50. The second-order valence-corrected chi connectivity index (χ2v) is 6.79. The lowest BCUT2D eigenvalue weighted by Gasteiger charge is -2.10. The molecule has 0 atom stereocenters. The van der Waals surface area contributed by atoms with Crippen LogP contribution in [-0.4, -0.2) is 28.1 Å². The molecular weight excluding hydrogens is 449 g/mol. The maximum Gasteiger partial charge on any atom is 0.191 e. The lowest BCUT2D eigenvalue weighted by molar-refractivity contribution is 0.810. The largest absolute Gasteiger partial charge is 0.357 e. The van der Waals surface area contributed by atoms with E-state index in [4.69, 9.17) is 0 Å². The Kier molecular flexibility index (Phi) is 6.71. The molecule has 6 heteroatoms. The van der Waals surface area contributed by atoms with E-state index in [0.29, 0.717) is 12.6 Å². The monoisotopic (exact) mass is 475 g/mol. The van der Waals surface area contributed by atoms with Crippen LogP contribution in [0.1, 0.15) is 30.9 Å². The summed E-state index contributed by atoms with van der Waals surface area (Å²) in [5.74, 6) is 0.920. The molecule has 2 aromatic carbocycles. The van der Waals surface area contributed by atoms with Gasteiger partial charge in [-0.15, -0.1) is 24.0 Å². The van der Waals surface area contributed by atoms with E-state index in [1.807, 2.05) is 18.5 Å². The molecule has 0 unspecified atom stereocenters. The Labute approximate surface area is 177 Å². The highest BCUT2D eigenvalue weighted by molar-refractivity contribution is 14.0. The van der Waals surface area contributed by atoms with Crippen molar-refractivity contribution in [1.29, 1.82) is 0 Å². The van der Waals surface area contributed by atoms with E-state index in [1.165, 1.54) is 29.5 Å². The summed E-state index contributed by atoms with van der Waals surface area (Å²) >= 11 is 0. The number of nitrogens with zero attached hydrogens (tertiary/aromatic N) is 3. The van der Waals surface area contributed by atoms with Gasteiger partial charge in [0.1, 0.15) is 0 Å². The van der Waals surface area contributed by atoms with Crippen molar-refractivity contribution in [2.45, 2.75) is 38.9 Å². The standard InChI is InChI=1S/C21H25N5.HI/c1-2-22-21(25-18-11-12-18)23-13-16-7-9-17(10-8-16)14-26-15-24-19-5-3-4-6-20(19)26;/h3-10,15,18H,2,11-14H2,1H3,(H2,22,23,25);1H. The van der Waals surface area contributed by atoms with Crippen LogP contribution in [0.5, 0.6) is 0 Å². The molecule has 1 saturated carbocycles. The number of rotatable bonds is 6. The SMILES string of the molecule is CCNC(=NCc1ccc(Cn2cnc3ccccc32)cc1)NC1CC1.I. The molecule has 1 aliphatic carbocycles. The molecule has 3 aromatic rings. The second kappa shape index (κ2) is 9.21. The van der Waals surface area contributed by atoms with Gasteiger partial charge in [-0.3, -0.25) is 0 Å². The number of aromatic nitrogens is 2. The van der Waals surface area contributed by atoms with Crippen LogP contribution >= 0.6 is 24.0 Å². The van der Waals surface area contributed by atoms with Gasteiger partial charge in [0.25, 0.3) is 0 Å². The van der Waals surface area contributed by atoms with Gasteiger partial charge in [0.05, 0.1) is 23.9 Å². The number of nitrogens with one attached hydrogen (secondary N) is 2. The number of hydrogen-bond donors (Lipinski definition) is 2. The molecule has 0 amide bonds. The van der Waals surface area contributed by atoms with Gasteiger partial charge in [0.2, 0.25) is 0 Å². The van der Waals surface area contributed by atoms with Crippen molar-refractivity contribution in [2.24, 2.45) is 4.99 Å². The minimum Gasteiger partial charge on any atom is -0.357 e. The third-order valence-electron chi connectivity index (χ3n) is 4.59. The van der Waals surface area contributed by atoms with E-state index >= 15 is 0 Å². The quantitative estimate of drug-likeness (QED) is 0.323. The average molecular weight is 475 g/mol. The second-order valence-electron chi connectivity index (χ2n) is 6.79. The molecule has 0 aliphatic heterocycles. The molecule has 0 saturated heterocycles. The van der Waals surface area contributed by atoms with Crippen LogP contribution in [0.4, 0.5) is 0 Å². The molecule has 2 N–H and O–H groups in total. The molecular formula is C21H26IN5. The predicted molar refractivity (Wildman–Crippen MR) is 122 cm³/mol.